The molecule has 4 heteroatoms. The van der Waals surface area contributed by atoms with Crippen molar-refractivity contribution in [2.45, 2.75) is 0 Å². The maximum Gasteiger partial charge on any atom is 0.226 e. The van der Waals surface area contributed by atoms with Gasteiger partial charge in [-0.25, -0.2) is 0 Å². The fraction of sp³-hybridized carbons (Fsp3) is 0. The molecule has 0 bridgehead atoms. The Morgan fingerprint density at radius 2 is 1.69 bits per heavy atom. The molecular formula is C12H9NOS2. The van der Waals surface area contributed by atoms with Crippen molar-refractivity contribution in [3.05, 3.63) is 60.4 Å². The Hall–Kier alpha value is -1.39. The first-order valence-electron chi connectivity index (χ1n) is 4.72. The maximum absolute atomic E-state index is 11.8. The Labute approximate surface area is 103 Å². The average molecular weight is 247 g/mol. The summed E-state index contributed by atoms with van der Waals surface area (Å²) in [6.45, 7) is 0. The van der Waals surface area contributed by atoms with Crippen LogP contribution in [0.3, 0.4) is 0 Å². The van der Waals surface area contributed by atoms with Crippen molar-refractivity contribution in [1.82, 2.24) is 4.57 Å². The van der Waals surface area contributed by atoms with E-state index in [9.17, 15) is 4.79 Å². The van der Waals surface area contributed by atoms with Gasteiger partial charge in [0.1, 0.15) is 0 Å². The summed E-state index contributed by atoms with van der Waals surface area (Å²) in [6, 6.07) is 12.9. The van der Waals surface area contributed by atoms with E-state index in [0.717, 1.165) is 11.8 Å². The van der Waals surface area contributed by atoms with Crippen LogP contribution in [0.2, 0.25) is 0 Å². The van der Waals surface area contributed by atoms with Gasteiger partial charge < -0.3 is 4.57 Å². The second-order valence-electron chi connectivity index (χ2n) is 3.11. The number of thiocarbonyl (C=S) groups is 1. The minimum atomic E-state index is -0.0284. The highest BCUT2D eigenvalue weighted by molar-refractivity contribution is 8.33. The second-order valence-corrected chi connectivity index (χ2v) is 4.72. The molecule has 0 atom stereocenters. The number of rotatable bonds is 1. The summed E-state index contributed by atoms with van der Waals surface area (Å²) in [5.74, 6) is 0. The normalized spacial score (nSPS) is 10.0. The lowest BCUT2D eigenvalue weighted by atomic mass is 10.2. The molecule has 0 aliphatic rings. The third kappa shape index (κ3) is 2.59. The molecule has 0 unspecified atom stereocenters. The van der Waals surface area contributed by atoms with Crippen LogP contribution in [0.4, 0.5) is 0 Å². The van der Waals surface area contributed by atoms with Gasteiger partial charge in [0.05, 0.1) is 0 Å². The number of aromatic nitrogens is 1. The molecular weight excluding hydrogens is 238 g/mol. The van der Waals surface area contributed by atoms with E-state index in [1.165, 1.54) is 0 Å². The fourth-order valence-electron chi connectivity index (χ4n) is 1.22. The van der Waals surface area contributed by atoms with Crippen LogP contribution in [-0.4, -0.2) is 14.0 Å². The van der Waals surface area contributed by atoms with E-state index in [2.05, 4.69) is 0 Å². The van der Waals surface area contributed by atoms with Gasteiger partial charge in [0.2, 0.25) is 5.12 Å². The topological polar surface area (TPSA) is 22.0 Å². The Morgan fingerprint density at radius 1 is 1.06 bits per heavy atom. The number of thioether (sulfide) groups is 1. The molecule has 1 aromatic heterocycles. The third-order valence-corrected chi connectivity index (χ3v) is 3.27. The quantitative estimate of drug-likeness (QED) is 0.722. The molecule has 0 fully saturated rings. The number of benzene rings is 1. The zero-order valence-corrected chi connectivity index (χ0v) is 10.0. The summed E-state index contributed by atoms with van der Waals surface area (Å²) in [5.41, 5.74) is 0.669. The zero-order chi connectivity index (χ0) is 11.4. The van der Waals surface area contributed by atoms with Gasteiger partial charge in [-0.3, -0.25) is 4.79 Å². The van der Waals surface area contributed by atoms with Gasteiger partial charge in [0.15, 0.2) is 4.32 Å². The van der Waals surface area contributed by atoms with Crippen molar-refractivity contribution >= 4 is 33.4 Å². The van der Waals surface area contributed by atoms with Gasteiger partial charge >= 0.3 is 0 Å². The van der Waals surface area contributed by atoms with E-state index >= 15 is 0 Å². The van der Waals surface area contributed by atoms with Gasteiger partial charge in [-0.15, -0.1) is 0 Å². The van der Waals surface area contributed by atoms with E-state index in [-0.39, 0.29) is 5.12 Å². The summed E-state index contributed by atoms with van der Waals surface area (Å²) in [7, 11) is 0. The molecule has 0 N–H and O–H groups in total. The van der Waals surface area contributed by atoms with Crippen molar-refractivity contribution in [3.63, 3.8) is 0 Å². The molecule has 0 saturated carbocycles. The van der Waals surface area contributed by atoms with Crippen LogP contribution < -0.4 is 0 Å². The second kappa shape index (κ2) is 5.09. The van der Waals surface area contributed by atoms with E-state index in [1.54, 1.807) is 16.7 Å². The Bertz CT molecular complexity index is 491. The van der Waals surface area contributed by atoms with Gasteiger partial charge in [0.25, 0.3) is 0 Å². The Kier molecular flexibility index (Phi) is 3.54. The van der Waals surface area contributed by atoms with Crippen LogP contribution in [-0.2, 0) is 0 Å². The number of hydrogen-bond donors (Lipinski definition) is 0. The zero-order valence-electron chi connectivity index (χ0n) is 8.37. The van der Waals surface area contributed by atoms with Crippen molar-refractivity contribution < 1.29 is 4.79 Å². The average Bonchev–Trinajstić information content (AvgIpc) is 2.83. The van der Waals surface area contributed by atoms with Crippen LogP contribution in [0.25, 0.3) is 0 Å². The highest BCUT2D eigenvalue weighted by Gasteiger charge is 2.10. The van der Waals surface area contributed by atoms with Gasteiger partial charge in [-0.2, -0.15) is 0 Å². The smallest absolute Gasteiger partial charge is 0.226 e. The number of carbonyl (C=O) groups is 1. The largest absolute Gasteiger partial charge is 0.309 e. The lowest BCUT2D eigenvalue weighted by molar-refractivity contribution is 0.109. The molecule has 1 heterocycles. The minimum absolute atomic E-state index is 0.0284. The first-order valence-corrected chi connectivity index (χ1v) is 5.94. The van der Waals surface area contributed by atoms with Gasteiger partial charge in [-0.1, -0.05) is 42.5 Å². The molecule has 0 amide bonds. The molecule has 0 saturated heterocycles. The third-order valence-electron chi connectivity index (χ3n) is 2.00. The molecule has 2 nitrogen and oxygen atoms in total. The monoisotopic (exact) mass is 247 g/mol. The number of hydrogen-bond acceptors (Lipinski definition) is 3. The van der Waals surface area contributed by atoms with Crippen LogP contribution in [0, 0.1) is 0 Å². The molecule has 16 heavy (non-hydrogen) atoms. The standard InChI is InChI=1S/C12H9NOS2/c14-11(10-6-2-1-3-7-10)16-12(15)13-8-4-5-9-13/h1-9H. The molecule has 1 aromatic carbocycles. The lowest BCUT2D eigenvalue weighted by Crippen LogP contribution is -2.05. The van der Waals surface area contributed by atoms with Crippen molar-refractivity contribution in [2.24, 2.45) is 0 Å². The summed E-state index contributed by atoms with van der Waals surface area (Å²) >= 11 is 6.22. The summed E-state index contributed by atoms with van der Waals surface area (Å²) in [6.07, 6.45) is 3.65. The highest BCUT2D eigenvalue weighted by atomic mass is 32.2. The fourth-order valence-corrected chi connectivity index (χ4v) is 2.21. The molecule has 0 radical (unpaired) electrons. The van der Waals surface area contributed by atoms with Crippen LogP contribution in [0.15, 0.2) is 54.9 Å². The summed E-state index contributed by atoms with van der Waals surface area (Å²) < 4.78 is 2.29. The molecule has 0 aliphatic heterocycles. The van der Waals surface area contributed by atoms with E-state index < -0.39 is 0 Å². The van der Waals surface area contributed by atoms with Crippen molar-refractivity contribution in [1.29, 1.82) is 0 Å². The lowest BCUT2D eigenvalue weighted by Gasteiger charge is -2.03. The first kappa shape index (κ1) is 11.1. The van der Waals surface area contributed by atoms with Gasteiger partial charge in [-0.05, 0) is 23.9 Å². The first-order chi connectivity index (χ1) is 7.77. The van der Waals surface area contributed by atoms with Crippen molar-refractivity contribution in [2.75, 3.05) is 0 Å². The van der Waals surface area contributed by atoms with Gasteiger partial charge in [0, 0.05) is 18.0 Å². The van der Waals surface area contributed by atoms with Crippen LogP contribution in [0.1, 0.15) is 10.4 Å². The predicted molar refractivity (Wildman–Crippen MR) is 70.8 cm³/mol. The Morgan fingerprint density at radius 3 is 2.31 bits per heavy atom. The van der Waals surface area contributed by atoms with Crippen LogP contribution in [0.5, 0.6) is 0 Å². The predicted octanol–water partition coefficient (Wildman–Crippen LogP) is 3.19. The Balaban J connectivity index is 2.06. The highest BCUT2D eigenvalue weighted by Crippen LogP contribution is 2.15. The molecule has 80 valence electrons. The number of nitrogens with zero attached hydrogens (tertiary/aromatic N) is 1. The van der Waals surface area contributed by atoms with Crippen LogP contribution >= 0.6 is 24.0 Å². The maximum atomic E-state index is 11.8. The van der Waals surface area contributed by atoms with E-state index in [1.807, 2.05) is 42.7 Å². The SMILES string of the molecule is O=C(SC(=S)n1cccc1)c1ccccc1. The summed E-state index contributed by atoms with van der Waals surface area (Å²) in [4.78, 5) is 11.8. The van der Waals surface area contributed by atoms with Crippen molar-refractivity contribution in [3.8, 4) is 0 Å². The molecule has 0 spiro atoms. The molecule has 2 aromatic rings. The molecule has 2 rings (SSSR count). The summed E-state index contributed by atoms with van der Waals surface area (Å²) in [5, 5.41) is -0.0284. The minimum Gasteiger partial charge on any atom is -0.309 e. The van der Waals surface area contributed by atoms with E-state index in [0.29, 0.717) is 9.88 Å². The molecule has 0 aliphatic carbocycles. The van der Waals surface area contributed by atoms with E-state index in [4.69, 9.17) is 12.2 Å². The number of carbonyl (C=O) groups excluding carboxylic acids is 1.